The quantitative estimate of drug-likeness (QED) is 0.873. The molecular formula is C17H26N2O3S. The van der Waals surface area contributed by atoms with Gasteiger partial charge in [0.05, 0.1) is 17.6 Å². The third-order valence-electron chi connectivity index (χ3n) is 4.79. The highest BCUT2D eigenvalue weighted by molar-refractivity contribution is 7.91. The first-order chi connectivity index (χ1) is 11.0. The van der Waals surface area contributed by atoms with Crippen molar-refractivity contribution in [2.75, 3.05) is 29.9 Å². The fourth-order valence-corrected chi connectivity index (χ4v) is 5.11. The van der Waals surface area contributed by atoms with E-state index in [1.807, 2.05) is 18.2 Å². The SMILES string of the molecule is O=S1(=O)CCCC(Nc2ccccc2CN2CCC(O)CC2)C1. The number of likely N-dealkylation sites (tertiary alicyclic amines) is 1. The summed E-state index contributed by atoms with van der Waals surface area (Å²) < 4.78 is 23.6. The Morgan fingerprint density at radius 2 is 1.91 bits per heavy atom. The third kappa shape index (κ3) is 4.68. The van der Waals surface area contributed by atoms with Gasteiger partial charge in [-0.1, -0.05) is 18.2 Å². The van der Waals surface area contributed by atoms with E-state index >= 15 is 0 Å². The summed E-state index contributed by atoms with van der Waals surface area (Å²) in [5.74, 6) is 0.556. The second kappa shape index (κ2) is 7.20. The summed E-state index contributed by atoms with van der Waals surface area (Å²) in [4.78, 5) is 2.35. The molecule has 1 aromatic carbocycles. The highest BCUT2D eigenvalue weighted by Gasteiger charge is 2.25. The molecule has 3 rings (SSSR count). The van der Waals surface area contributed by atoms with Crippen LogP contribution < -0.4 is 5.32 Å². The number of para-hydroxylation sites is 1. The van der Waals surface area contributed by atoms with Crippen LogP contribution in [-0.4, -0.2) is 55.2 Å². The molecule has 0 aliphatic carbocycles. The highest BCUT2D eigenvalue weighted by Crippen LogP contribution is 2.23. The molecule has 0 amide bonds. The minimum atomic E-state index is -2.90. The van der Waals surface area contributed by atoms with Crippen molar-refractivity contribution < 1.29 is 13.5 Å². The van der Waals surface area contributed by atoms with E-state index in [2.05, 4.69) is 16.3 Å². The van der Waals surface area contributed by atoms with Crippen LogP contribution in [-0.2, 0) is 16.4 Å². The van der Waals surface area contributed by atoms with E-state index in [4.69, 9.17) is 0 Å². The van der Waals surface area contributed by atoms with Gasteiger partial charge in [-0.15, -0.1) is 0 Å². The summed E-state index contributed by atoms with van der Waals surface area (Å²) in [6, 6.07) is 8.16. The van der Waals surface area contributed by atoms with Crippen molar-refractivity contribution in [2.45, 2.75) is 44.4 Å². The molecule has 5 nitrogen and oxygen atoms in total. The van der Waals surface area contributed by atoms with E-state index in [9.17, 15) is 13.5 Å². The van der Waals surface area contributed by atoms with Crippen molar-refractivity contribution in [2.24, 2.45) is 0 Å². The number of aliphatic hydroxyl groups is 1. The maximum absolute atomic E-state index is 11.8. The number of rotatable bonds is 4. The Labute approximate surface area is 138 Å². The van der Waals surface area contributed by atoms with Gasteiger partial charge in [-0.2, -0.15) is 0 Å². The standard InChI is InChI=1S/C17H26N2O3S/c20-16-7-9-19(10-8-16)12-14-4-1-2-6-17(14)18-15-5-3-11-23(21,22)13-15/h1-2,4,6,15-16,18,20H,3,5,7-13H2. The smallest absolute Gasteiger partial charge is 0.152 e. The van der Waals surface area contributed by atoms with Gasteiger partial charge in [0.1, 0.15) is 0 Å². The molecule has 2 aliphatic heterocycles. The van der Waals surface area contributed by atoms with Crippen LogP contribution in [0.3, 0.4) is 0 Å². The number of hydrogen-bond acceptors (Lipinski definition) is 5. The molecule has 0 saturated carbocycles. The topological polar surface area (TPSA) is 69.6 Å². The normalized spacial score (nSPS) is 26.0. The lowest BCUT2D eigenvalue weighted by Gasteiger charge is -2.31. The third-order valence-corrected chi connectivity index (χ3v) is 6.61. The predicted octanol–water partition coefficient (Wildman–Crippen LogP) is 1.63. The van der Waals surface area contributed by atoms with Crippen LogP contribution in [0, 0.1) is 0 Å². The van der Waals surface area contributed by atoms with Gasteiger partial charge in [0.2, 0.25) is 0 Å². The molecular weight excluding hydrogens is 312 g/mol. The average molecular weight is 338 g/mol. The Bertz CT molecular complexity index is 624. The number of hydrogen-bond donors (Lipinski definition) is 2. The van der Waals surface area contributed by atoms with E-state index in [-0.39, 0.29) is 17.9 Å². The highest BCUT2D eigenvalue weighted by atomic mass is 32.2. The van der Waals surface area contributed by atoms with Gasteiger partial charge in [-0.25, -0.2) is 8.42 Å². The van der Waals surface area contributed by atoms with Crippen LogP contribution in [0.5, 0.6) is 0 Å². The molecule has 1 unspecified atom stereocenters. The molecule has 2 fully saturated rings. The summed E-state index contributed by atoms with van der Waals surface area (Å²) in [5.41, 5.74) is 2.24. The summed E-state index contributed by atoms with van der Waals surface area (Å²) in [6.07, 6.45) is 3.15. The van der Waals surface area contributed by atoms with Gasteiger partial charge in [-0.3, -0.25) is 4.90 Å². The number of sulfone groups is 1. The van der Waals surface area contributed by atoms with Crippen molar-refractivity contribution >= 4 is 15.5 Å². The fraction of sp³-hybridized carbons (Fsp3) is 0.647. The van der Waals surface area contributed by atoms with Crippen molar-refractivity contribution in [3.63, 3.8) is 0 Å². The minimum Gasteiger partial charge on any atom is -0.393 e. The Morgan fingerprint density at radius 1 is 1.17 bits per heavy atom. The van der Waals surface area contributed by atoms with Gasteiger partial charge in [0.25, 0.3) is 0 Å². The number of piperidine rings is 1. The summed E-state index contributed by atoms with van der Waals surface area (Å²) in [7, 11) is -2.90. The summed E-state index contributed by atoms with van der Waals surface area (Å²) >= 11 is 0. The molecule has 23 heavy (non-hydrogen) atoms. The molecule has 2 saturated heterocycles. The maximum Gasteiger partial charge on any atom is 0.152 e. The van der Waals surface area contributed by atoms with Crippen LogP contribution >= 0.6 is 0 Å². The van der Waals surface area contributed by atoms with E-state index in [0.717, 1.165) is 51.0 Å². The average Bonchev–Trinajstić information content (AvgIpc) is 2.50. The number of nitrogens with zero attached hydrogens (tertiary/aromatic N) is 1. The molecule has 0 radical (unpaired) electrons. The van der Waals surface area contributed by atoms with E-state index in [1.165, 1.54) is 5.56 Å². The lowest BCUT2D eigenvalue weighted by atomic mass is 10.1. The molecule has 6 heteroatoms. The largest absolute Gasteiger partial charge is 0.393 e. The lowest BCUT2D eigenvalue weighted by molar-refractivity contribution is 0.0793. The minimum absolute atomic E-state index is 0.0121. The molecule has 128 valence electrons. The number of aliphatic hydroxyl groups excluding tert-OH is 1. The van der Waals surface area contributed by atoms with Crippen LogP contribution in [0.2, 0.25) is 0 Å². The maximum atomic E-state index is 11.8. The zero-order valence-electron chi connectivity index (χ0n) is 13.4. The molecule has 2 heterocycles. The first-order valence-corrected chi connectivity index (χ1v) is 10.3. The zero-order chi connectivity index (χ0) is 16.3. The molecule has 2 N–H and O–H groups in total. The predicted molar refractivity (Wildman–Crippen MR) is 92.3 cm³/mol. The first kappa shape index (κ1) is 16.7. The Kier molecular flexibility index (Phi) is 5.24. The second-order valence-electron chi connectivity index (χ2n) is 6.76. The van der Waals surface area contributed by atoms with Gasteiger partial charge in [0, 0.05) is 31.4 Å². The number of nitrogens with one attached hydrogen (secondary N) is 1. The Morgan fingerprint density at radius 3 is 2.65 bits per heavy atom. The van der Waals surface area contributed by atoms with E-state index < -0.39 is 9.84 Å². The summed E-state index contributed by atoms with van der Waals surface area (Å²) in [6.45, 7) is 2.66. The Balaban J connectivity index is 1.66. The van der Waals surface area contributed by atoms with Crippen molar-refractivity contribution in [1.29, 1.82) is 0 Å². The Hall–Kier alpha value is -1.11. The van der Waals surface area contributed by atoms with Crippen LogP contribution in [0.15, 0.2) is 24.3 Å². The molecule has 2 aliphatic rings. The van der Waals surface area contributed by atoms with Gasteiger partial charge < -0.3 is 10.4 Å². The van der Waals surface area contributed by atoms with Crippen molar-refractivity contribution in [3.8, 4) is 0 Å². The second-order valence-corrected chi connectivity index (χ2v) is 8.99. The first-order valence-electron chi connectivity index (χ1n) is 8.47. The van der Waals surface area contributed by atoms with Crippen molar-refractivity contribution in [1.82, 2.24) is 4.90 Å². The fourth-order valence-electron chi connectivity index (χ4n) is 3.47. The molecule has 1 atom stereocenters. The monoisotopic (exact) mass is 338 g/mol. The molecule has 0 spiro atoms. The number of benzene rings is 1. The summed E-state index contributed by atoms with van der Waals surface area (Å²) in [5, 5.41) is 13.1. The van der Waals surface area contributed by atoms with Crippen LogP contribution in [0.4, 0.5) is 5.69 Å². The van der Waals surface area contributed by atoms with Gasteiger partial charge in [0.15, 0.2) is 9.84 Å². The van der Waals surface area contributed by atoms with Gasteiger partial charge >= 0.3 is 0 Å². The molecule has 0 bridgehead atoms. The van der Waals surface area contributed by atoms with E-state index in [0.29, 0.717) is 5.75 Å². The molecule has 1 aromatic rings. The zero-order valence-corrected chi connectivity index (χ0v) is 14.3. The lowest BCUT2D eigenvalue weighted by Crippen LogP contribution is -2.36. The van der Waals surface area contributed by atoms with Crippen LogP contribution in [0.1, 0.15) is 31.2 Å². The van der Waals surface area contributed by atoms with E-state index in [1.54, 1.807) is 0 Å². The van der Waals surface area contributed by atoms with Gasteiger partial charge in [-0.05, 0) is 37.3 Å². The van der Waals surface area contributed by atoms with Crippen molar-refractivity contribution in [3.05, 3.63) is 29.8 Å². The number of anilines is 1. The van der Waals surface area contributed by atoms with Crippen LogP contribution in [0.25, 0.3) is 0 Å². The molecule has 0 aromatic heterocycles.